The molecule has 0 amide bonds. The van der Waals surface area contributed by atoms with Gasteiger partial charge in [0.05, 0.1) is 24.4 Å². The lowest BCUT2D eigenvalue weighted by Gasteiger charge is -2.25. The molecule has 2 unspecified atom stereocenters. The number of benzene rings is 1. The molecule has 1 saturated heterocycles. The highest BCUT2D eigenvalue weighted by atomic mass is 32.1. The van der Waals surface area contributed by atoms with Crippen molar-refractivity contribution in [1.29, 1.82) is 0 Å². The number of methoxy groups -OCH3 is 1. The van der Waals surface area contributed by atoms with E-state index in [1.807, 2.05) is 47.4 Å². The number of carbonyl (C=O) groups excluding carboxylic acids is 1. The third-order valence-corrected chi connectivity index (χ3v) is 5.62. The lowest BCUT2D eigenvalue weighted by molar-refractivity contribution is 0.0600. The Labute approximate surface area is 185 Å². The van der Waals surface area contributed by atoms with Gasteiger partial charge in [0, 0.05) is 24.9 Å². The van der Waals surface area contributed by atoms with Crippen molar-refractivity contribution in [2.45, 2.75) is 18.5 Å². The standard InChI is InChI=1S/C23H23N3O4S/c1-29-22(28)16-8-6-15(7-9-16)18-10-11-19(30-18)21-20(17-5-2-3-12-24-17)25-23(31)26(21)13-4-14-27/h2-3,5-12,20-21,27H,4,13-14H2,1H3,(H,25,31). The van der Waals surface area contributed by atoms with Gasteiger partial charge in [-0.15, -0.1) is 0 Å². The minimum absolute atomic E-state index is 0.0794. The second kappa shape index (κ2) is 9.28. The fourth-order valence-corrected chi connectivity index (χ4v) is 4.08. The minimum atomic E-state index is -0.380. The molecule has 0 bridgehead atoms. The molecule has 0 radical (unpaired) electrons. The summed E-state index contributed by atoms with van der Waals surface area (Å²) in [5.74, 6) is 1.05. The van der Waals surface area contributed by atoms with Gasteiger partial charge in [-0.1, -0.05) is 18.2 Å². The largest absolute Gasteiger partial charge is 0.465 e. The maximum Gasteiger partial charge on any atom is 0.337 e. The summed E-state index contributed by atoms with van der Waals surface area (Å²) < 4.78 is 11.0. The Morgan fingerprint density at radius 3 is 2.71 bits per heavy atom. The van der Waals surface area contributed by atoms with E-state index < -0.39 is 0 Å². The van der Waals surface area contributed by atoms with E-state index in [4.69, 9.17) is 21.4 Å². The molecule has 0 spiro atoms. The number of carbonyl (C=O) groups is 1. The summed E-state index contributed by atoms with van der Waals surface area (Å²) in [6.45, 7) is 0.677. The number of hydrogen-bond donors (Lipinski definition) is 2. The molecular formula is C23H23N3O4S. The van der Waals surface area contributed by atoms with Crippen molar-refractivity contribution in [1.82, 2.24) is 15.2 Å². The highest BCUT2D eigenvalue weighted by Gasteiger charge is 2.41. The Morgan fingerprint density at radius 2 is 2.03 bits per heavy atom. The minimum Gasteiger partial charge on any atom is -0.465 e. The van der Waals surface area contributed by atoms with Gasteiger partial charge in [-0.25, -0.2) is 4.79 Å². The van der Waals surface area contributed by atoms with Crippen LogP contribution in [0, 0.1) is 0 Å². The Morgan fingerprint density at radius 1 is 1.23 bits per heavy atom. The van der Waals surface area contributed by atoms with E-state index in [1.165, 1.54) is 7.11 Å². The zero-order valence-electron chi connectivity index (χ0n) is 17.0. The van der Waals surface area contributed by atoms with Crippen LogP contribution in [0.5, 0.6) is 0 Å². The Balaban J connectivity index is 1.65. The molecule has 3 aromatic rings. The topological polar surface area (TPSA) is 87.8 Å². The number of furan rings is 1. The van der Waals surface area contributed by atoms with E-state index in [-0.39, 0.29) is 24.7 Å². The van der Waals surface area contributed by atoms with Crippen LogP contribution >= 0.6 is 12.2 Å². The lowest BCUT2D eigenvalue weighted by atomic mass is 10.0. The van der Waals surface area contributed by atoms with Crippen LogP contribution in [0.1, 0.15) is 40.3 Å². The first kappa shape index (κ1) is 21.0. The molecule has 0 saturated carbocycles. The first-order valence-electron chi connectivity index (χ1n) is 10.00. The zero-order valence-corrected chi connectivity index (χ0v) is 17.8. The molecular weight excluding hydrogens is 414 g/mol. The van der Waals surface area contributed by atoms with Gasteiger partial charge in [-0.3, -0.25) is 4.98 Å². The Bertz CT molecular complexity index is 1050. The van der Waals surface area contributed by atoms with Crippen molar-refractivity contribution >= 4 is 23.3 Å². The van der Waals surface area contributed by atoms with Crippen molar-refractivity contribution < 1.29 is 19.1 Å². The molecule has 1 aliphatic heterocycles. The summed E-state index contributed by atoms with van der Waals surface area (Å²) in [5.41, 5.74) is 2.19. The van der Waals surface area contributed by atoms with Crippen molar-refractivity contribution in [3.63, 3.8) is 0 Å². The number of aromatic nitrogens is 1. The van der Waals surface area contributed by atoms with E-state index >= 15 is 0 Å². The van der Waals surface area contributed by atoms with Crippen LogP contribution in [-0.2, 0) is 4.74 Å². The fraction of sp³-hybridized carbons (Fsp3) is 0.261. The molecule has 2 N–H and O–H groups in total. The number of pyridine rings is 1. The average Bonchev–Trinajstić information content (AvgIpc) is 3.42. The summed E-state index contributed by atoms with van der Waals surface area (Å²) in [6.07, 6.45) is 2.35. The number of rotatable bonds is 7. The highest BCUT2D eigenvalue weighted by Crippen LogP contribution is 2.40. The normalized spacial score (nSPS) is 18.1. The number of nitrogens with zero attached hydrogens (tertiary/aromatic N) is 2. The van der Waals surface area contributed by atoms with Crippen LogP contribution in [-0.4, -0.2) is 46.3 Å². The van der Waals surface area contributed by atoms with Crippen LogP contribution < -0.4 is 5.32 Å². The van der Waals surface area contributed by atoms with Gasteiger partial charge in [0.15, 0.2) is 5.11 Å². The molecule has 8 heteroatoms. The second-order valence-corrected chi connectivity index (χ2v) is 7.55. The third kappa shape index (κ3) is 4.30. The van der Waals surface area contributed by atoms with E-state index in [0.717, 1.165) is 17.0 Å². The van der Waals surface area contributed by atoms with Gasteiger partial charge in [0.1, 0.15) is 17.6 Å². The molecule has 1 fully saturated rings. The van der Waals surface area contributed by atoms with Crippen molar-refractivity contribution in [3.05, 3.63) is 77.8 Å². The maximum absolute atomic E-state index is 11.7. The van der Waals surface area contributed by atoms with Crippen LogP contribution in [0.4, 0.5) is 0 Å². The summed E-state index contributed by atoms with van der Waals surface area (Å²) in [4.78, 5) is 18.2. The third-order valence-electron chi connectivity index (χ3n) is 5.26. The van der Waals surface area contributed by atoms with Crippen molar-refractivity contribution in [2.75, 3.05) is 20.3 Å². The number of thiocarbonyl (C=S) groups is 1. The van der Waals surface area contributed by atoms with Crippen LogP contribution in [0.15, 0.2) is 65.2 Å². The molecule has 2 aromatic heterocycles. The van der Waals surface area contributed by atoms with Gasteiger partial charge in [0.2, 0.25) is 0 Å². The number of aliphatic hydroxyl groups is 1. The van der Waals surface area contributed by atoms with Crippen LogP contribution in [0.3, 0.4) is 0 Å². The summed E-state index contributed by atoms with van der Waals surface area (Å²) in [5, 5.41) is 13.3. The van der Waals surface area contributed by atoms with E-state index in [1.54, 1.807) is 18.3 Å². The van der Waals surface area contributed by atoms with Crippen LogP contribution in [0.2, 0.25) is 0 Å². The van der Waals surface area contributed by atoms with Crippen molar-refractivity contribution in [2.24, 2.45) is 0 Å². The van der Waals surface area contributed by atoms with E-state index in [2.05, 4.69) is 10.3 Å². The predicted octanol–water partition coefficient (Wildman–Crippen LogP) is 3.48. The van der Waals surface area contributed by atoms with Crippen molar-refractivity contribution in [3.8, 4) is 11.3 Å². The smallest absolute Gasteiger partial charge is 0.337 e. The summed E-state index contributed by atoms with van der Waals surface area (Å²) in [7, 11) is 1.36. The Hall–Kier alpha value is -3.23. The molecule has 31 heavy (non-hydrogen) atoms. The summed E-state index contributed by atoms with van der Waals surface area (Å²) in [6, 6.07) is 16.3. The lowest BCUT2D eigenvalue weighted by Crippen LogP contribution is -2.30. The monoisotopic (exact) mass is 437 g/mol. The van der Waals surface area contributed by atoms with E-state index in [9.17, 15) is 9.90 Å². The molecule has 7 nitrogen and oxygen atoms in total. The number of aliphatic hydroxyl groups excluding tert-OH is 1. The molecule has 1 aliphatic rings. The number of esters is 1. The SMILES string of the molecule is COC(=O)c1ccc(-c2ccc(C3C(c4ccccn4)NC(=S)N3CCCO)o2)cc1. The highest BCUT2D eigenvalue weighted by molar-refractivity contribution is 7.80. The molecule has 160 valence electrons. The number of nitrogens with one attached hydrogen (secondary N) is 1. The second-order valence-electron chi connectivity index (χ2n) is 7.17. The Kier molecular flexibility index (Phi) is 6.29. The van der Waals surface area contributed by atoms with Gasteiger partial charge in [0.25, 0.3) is 0 Å². The zero-order chi connectivity index (χ0) is 21.8. The van der Waals surface area contributed by atoms with Gasteiger partial charge < -0.3 is 24.5 Å². The molecule has 1 aromatic carbocycles. The predicted molar refractivity (Wildman–Crippen MR) is 119 cm³/mol. The van der Waals surface area contributed by atoms with Gasteiger partial charge in [-0.05, 0) is 55.0 Å². The first-order valence-corrected chi connectivity index (χ1v) is 10.4. The average molecular weight is 438 g/mol. The molecule has 0 aliphatic carbocycles. The van der Waals surface area contributed by atoms with E-state index in [0.29, 0.717) is 29.4 Å². The van der Waals surface area contributed by atoms with Crippen LogP contribution in [0.25, 0.3) is 11.3 Å². The molecule has 4 rings (SSSR count). The fourth-order valence-electron chi connectivity index (χ4n) is 3.75. The maximum atomic E-state index is 11.7. The van der Waals surface area contributed by atoms with Gasteiger partial charge in [-0.2, -0.15) is 0 Å². The summed E-state index contributed by atoms with van der Waals surface area (Å²) >= 11 is 5.58. The quantitative estimate of drug-likeness (QED) is 0.429. The number of ether oxygens (including phenoxy) is 1. The molecule has 3 heterocycles. The first-order chi connectivity index (χ1) is 15.1. The van der Waals surface area contributed by atoms with Gasteiger partial charge >= 0.3 is 5.97 Å². The molecule has 2 atom stereocenters. The number of hydrogen-bond acceptors (Lipinski definition) is 6.